The third-order valence-electron chi connectivity index (χ3n) is 2.85. The van der Waals surface area contributed by atoms with Gasteiger partial charge < -0.3 is 14.8 Å². The van der Waals surface area contributed by atoms with Gasteiger partial charge >= 0.3 is 0 Å². The third kappa shape index (κ3) is 4.94. The number of carbonyl (C=O) groups excluding carboxylic acids is 2. The fourth-order valence-corrected chi connectivity index (χ4v) is 1.82. The van der Waals surface area contributed by atoms with Gasteiger partial charge in [0.25, 0.3) is 0 Å². The van der Waals surface area contributed by atoms with Crippen LogP contribution in [0.25, 0.3) is 0 Å². The Bertz CT molecular complexity index is 640. The number of hydrogen-bond acceptors (Lipinski definition) is 4. The number of Topliss-reactive ketones (excluding diaryl/α,β-unsaturated/α-hetero) is 1. The Morgan fingerprint density at radius 2 is 1.73 bits per heavy atom. The average Bonchev–Trinajstić information content (AvgIpc) is 2.54. The van der Waals surface area contributed by atoms with Crippen LogP contribution in [0.4, 0.5) is 5.69 Å². The standard InChI is InChI=1S/C17H17NO4/c1-21-16-9-5-6-13(10-16)18-17(20)11-14(19)12-22-15-7-3-2-4-8-15/h2-10H,11-12H2,1H3,(H,18,20). The summed E-state index contributed by atoms with van der Waals surface area (Å²) >= 11 is 0. The maximum Gasteiger partial charge on any atom is 0.231 e. The molecule has 0 unspecified atom stereocenters. The Hall–Kier alpha value is -2.82. The zero-order valence-electron chi connectivity index (χ0n) is 12.2. The molecule has 0 aromatic heterocycles. The molecule has 0 heterocycles. The van der Waals surface area contributed by atoms with Crippen molar-refractivity contribution in [3.8, 4) is 11.5 Å². The number of ether oxygens (including phenoxy) is 2. The molecule has 0 fully saturated rings. The van der Waals surface area contributed by atoms with Gasteiger partial charge in [0.2, 0.25) is 5.91 Å². The minimum atomic E-state index is -0.380. The van der Waals surface area contributed by atoms with Crippen LogP contribution < -0.4 is 14.8 Å². The first-order chi connectivity index (χ1) is 10.7. The molecule has 2 aromatic rings. The van der Waals surface area contributed by atoms with Gasteiger partial charge in [-0.05, 0) is 24.3 Å². The van der Waals surface area contributed by atoms with Crippen molar-refractivity contribution >= 4 is 17.4 Å². The lowest BCUT2D eigenvalue weighted by Crippen LogP contribution is -2.20. The largest absolute Gasteiger partial charge is 0.497 e. The van der Waals surface area contributed by atoms with Gasteiger partial charge in [0, 0.05) is 11.8 Å². The maximum absolute atomic E-state index is 11.8. The second kappa shape index (κ2) is 7.83. The molecule has 1 amide bonds. The molecule has 0 saturated carbocycles. The predicted octanol–water partition coefficient (Wildman–Crippen LogP) is 2.67. The Morgan fingerprint density at radius 1 is 1.00 bits per heavy atom. The quantitative estimate of drug-likeness (QED) is 0.798. The van der Waals surface area contributed by atoms with E-state index in [2.05, 4.69) is 5.32 Å². The zero-order chi connectivity index (χ0) is 15.8. The number of benzene rings is 2. The lowest BCUT2D eigenvalue weighted by molar-refractivity contribution is -0.126. The summed E-state index contributed by atoms with van der Waals surface area (Å²) in [7, 11) is 1.55. The van der Waals surface area contributed by atoms with Crippen LogP contribution >= 0.6 is 0 Å². The second-order valence-electron chi connectivity index (χ2n) is 4.60. The number of amides is 1. The first kappa shape index (κ1) is 15.6. The molecule has 0 bridgehead atoms. The summed E-state index contributed by atoms with van der Waals surface area (Å²) in [6, 6.07) is 15.9. The molecule has 0 radical (unpaired) electrons. The molecule has 0 spiro atoms. The van der Waals surface area contributed by atoms with E-state index in [0.717, 1.165) is 0 Å². The van der Waals surface area contributed by atoms with Crippen molar-refractivity contribution in [2.24, 2.45) is 0 Å². The highest BCUT2D eigenvalue weighted by Gasteiger charge is 2.11. The van der Waals surface area contributed by atoms with Crippen LogP contribution in [0.2, 0.25) is 0 Å². The maximum atomic E-state index is 11.8. The molecule has 2 rings (SSSR count). The van der Waals surface area contributed by atoms with E-state index in [9.17, 15) is 9.59 Å². The molecular weight excluding hydrogens is 282 g/mol. The van der Waals surface area contributed by atoms with Gasteiger partial charge in [0.15, 0.2) is 5.78 Å². The Kier molecular flexibility index (Phi) is 5.54. The molecule has 114 valence electrons. The number of ketones is 1. The van der Waals surface area contributed by atoms with Crippen LogP contribution in [0.3, 0.4) is 0 Å². The second-order valence-corrected chi connectivity index (χ2v) is 4.60. The van der Waals surface area contributed by atoms with Gasteiger partial charge in [0.1, 0.15) is 18.1 Å². The molecule has 0 aliphatic heterocycles. The highest BCUT2D eigenvalue weighted by molar-refractivity contribution is 6.04. The van der Waals surface area contributed by atoms with E-state index in [1.165, 1.54) is 0 Å². The summed E-state index contributed by atoms with van der Waals surface area (Å²) in [6.07, 6.45) is -0.232. The van der Waals surface area contributed by atoms with E-state index in [0.29, 0.717) is 17.2 Å². The monoisotopic (exact) mass is 299 g/mol. The topological polar surface area (TPSA) is 64.6 Å². The SMILES string of the molecule is COc1cccc(NC(=O)CC(=O)COc2ccccc2)c1. The van der Waals surface area contributed by atoms with Crippen molar-refractivity contribution in [1.82, 2.24) is 0 Å². The fraction of sp³-hybridized carbons (Fsp3) is 0.176. The number of nitrogens with one attached hydrogen (secondary N) is 1. The van der Waals surface area contributed by atoms with E-state index >= 15 is 0 Å². The average molecular weight is 299 g/mol. The molecule has 2 aromatic carbocycles. The van der Waals surface area contributed by atoms with Crippen molar-refractivity contribution in [3.05, 3.63) is 54.6 Å². The first-order valence-corrected chi connectivity index (χ1v) is 6.81. The highest BCUT2D eigenvalue weighted by Crippen LogP contribution is 2.16. The van der Waals surface area contributed by atoms with Crippen molar-refractivity contribution in [1.29, 1.82) is 0 Å². The minimum absolute atomic E-state index is 0.129. The van der Waals surface area contributed by atoms with E-state index < -0.39 is 0 Å². The molecule has 0 aliphatic rings. The summed E-state index contributed by atoms with van der Waals surface area (Å²) in [5.41, 5.74) is 0.584. The molecule has 22 heavy (non-hydrogen) atoms. The lowest BCUT2D eigenvalue weighted by atomic mass is 10.2. The smallest absolute Gasteiger partial charge is 0.231 e. The van der Waals surface area contributed by atoms with Crippen LogP contribution in [0.1, 0.15) is 6.42 Å². The molecule has 5 heteroatoms. The van der Waals surface area contributed by atoms with Crippen molar-refractivity contribution in [3.63, 3.8) is 0 Å². The molecule has 0 aliphatic carbocycles. The van der Waals surface area contributed by atoms with E-state index in [1.807, 2.05) is 18.2 Å². The Labute approximate surface area is 128 Å². The van der Waals surface area contributed by atoms with Crippen molar-refractivity contribution < 1.29 is 19.1 Å². The fourth-order valence-electron chi connectivity index (χ4n) is 1.82. The van der Waals surface area contributed by atoms with Gasteiger partial charge in [0.05, 0.1) is 13.5 Å². The third-order valence-corrected chi connectivity index (χ3v) is 2.85. The minimum Gasteiger partial charge on any atom is -0.497 e. The van der Waals surface area contributed by atoms with Crippen LogP contribution in [0, 0.1) is 0 Å². The van der Waals surface area contributed by atoms with Crippen molar-refractivity contribution in [2.45, 2.75) is 6.42 Å². The van der Waals surface area contributed by atoms with Gasteiger partial charge in [-0.3, -0.25) is 9.59 Å². The summed E-state index contributed by atoms with van der Waals surface area (Å²) in [4.78, 5) is 23.5. The molecule has 0 saturated heterocycles. The number of anilines is 1. The van der Waals surface area contributed by atoms with Crippen LogP contribution in [-0.2, 0) is 9.59 Å². The van der Waals surface area contributed by atoms with Gasteiger partial charge in [-0.1, -0.05) is 24.3 Å². The summed E-state index contributed by atoms with van der Waals surface area (Å²) < 4.78 is 10.4. The summed E-state index contributed by atoms with van der Waals surface area (Å²) in [5.74, 6) is 0.569. The number of carbonyl (C=O) groups is 2. The normalized spacial score (nSPS) is 9.86. The van der Waals surface area contributed by atoms with Gasteiger partial charge in [-0.2, -0.15) is 0 Å². The molecule has 1 N–H and O–H groups in total. The summed E-state index contributed by atoms with van der Waals surface area (Å²) in [5, 5.41) is 2.65. The van der Waals surface area contributed by atoms with E-state index in [1.54, 1.807) is 43.5 Å². The van der Waals surface area contributed by atoms with Crippen LogP contribution in [-0.4, -0.2) is 25.4 Å². The number of para-hydroxylation sites is 1. The van der Waals surface area contributed by atoms with Gasteiger partial charge in [-0.25, -0.2) is 0 Å². The number of rotatable bonds is 7. The zero-order valence-corrected chi connectivity index (χ0v) is 12.2. The highest BCUT2D eigenvalue weighted by atomic mass is 16.5. The Balaban J connectivity index is 1.79. The molecule has 5 nitrogen and oxygen atoms in total. The van der Waals surface area contributed by atoms with E-state index in [4.69, 9.17) is 9.47 Å². The van der Waals surface area contributed by atoms with Crippen molar-refractivity contribution in [2.75, 3.05) is 19.0 Å². The number of hydrogen-bond donors (Lipinski definition) is 1. The first-order valence-electron chi connectivity index (χ1n) is 6.81. The predicted molar refractivity (Wildman–Crippen MR) is 83.2 cm³/mol. The lowest BCUT2D eigenvalue weighted by Gasteiger charge is -2.07. The van der Waals surface area contributed by atoms with Crippen LogP contribution in [0.15, 0.2) is 54.6 Å². The summed E-state index contributed by atoms with van der Waals surface area (Å²) in [6.45, 7) is -0.129. The number of methoxy groups -OCH3 is 1. The Morgan fingerprint density at radius 3 is 2.45 bits per heavy atom. The van der Waals surface area contributed by atoms with Crippen LogP contribution in [0.5, 0.6) is 11.5 Å². The molecular formula is C17H17NO4. The van der Waals surface area contributed by atoms with Gasteiger partial charge in [-0.15, -0.1) is 0 Å². The molecule has 0 atom stereocenters. The van der Waals surface area contributed by atoms with E-state index in [-0.39, 0.29) is 24.7 Å².